The second-order valence-electron chi connectivity index (χ2n) is 8.47. The van der Waals surface area contributed by atoms with Crippen LogP contribution in [0.4, 0.5) is 0 Å². The summed E-state index contributed by atoms with van der Waals surface area (Å²) in [5.41, 5.74) is 1.67. The van der Waals surface area contributed by atoms with Gasteiger partial charge >= 0.3 is 0 Å². The molecule has 4 heteroatoms. The molecule has 1 aliphatic carbocycles. The highest BCUT2D eigenvalue weighted by molar-refractivity contribution is 6.06. The molecule has 0 bridgehead atoms. The van der Waals surface area contributed by atoms with Crippen molar-refractivity contribution in [3.63, 3.8) is 0 Å². The quantitative estimate of drug-likeness (QED) is 0.697. The zero-order valence-corrected chi connectivity index (χ0v) is 16.2. The van der Waals surface area contributed by atoms with Crippen molar-refractivity contribution in [3.05, 3.63) is 30.0 Å². The van der Waals surface area contributed by atoms with E-state index in [2.05, 4.69) is 23.8 Å². The van der Waals surface area contributed by atoms with E-state index in [1.807, 2.05) is 29.1 Å². The highest BCUT2D eigenvalue weighted by Crippen LogP contribution is 2.31. The zero-order chi connectivity index (χ0) is 18.1. The van der Waals surface area contributed by atoms with Gasteiger partial charge in [0.15, 0.2) is 5.78 Å². The maximum Gasteiger partial charge on any atom is 0.165 e. The van der Waals surface area contributed by atoms with Gasteiger partial charge in [0.25, 0.3) is 0 Å². The molecule has 0 amide bonds. The summed E-state index contributed by atoms with van der Waals surface area (Å²) in [5.74, 6) is 0.966. The Morgan fingerprint density at radius 1 is 1.19 bits per heavy atom. The van der Waals surface area contributed by atoms with Crippen molar-refractivity contribution in [1.82, 2.24) is 14.7 Å². The summed E-state index contributed by atoms with van der Waals surface area (Å²) in [5, 5.41) is 5.73. The number of likely N-dealkylation sites (tertiary alicyclic amines) is 1. The van der Waals surface area contributed by atoms with Gasteiger partial charge in [0.1, 0.15) is 5.52 Å². The molecule has 2 heterocycles. The average molecular weight is 354 g/mol. The van der Waals surface area contributed by atoms with Crippen LogP contribution in [0.25, 0.3) is 10.9 Å². The summed E-state index contributed by atoms with van der Waals surface area (Å²) in [7, 11) is 0. The Morgan fingerprint density at radius 2 is 1.96 bits per heavy atom. The van der Waals surface area contributed by atoms with E-state index in [4.69, 9.17) is 0 Å². The number of piperidine rings is 1. The van der Waals surface area contributed by atoms with Crippen LogP contribution < -0.4 is 0 Å². The molecule has 2 aromatic rings. The molecule has 1 aromatic carbocycles. The Balaban J connectivity index is 1.36. The number of rotatable bonds is 6. The molecule has 1 saturated heterocycles. The summed E-state index contributed by atoms with van der Waals surface area (Å²) in [6, 6.07) is 7.16. The number of carbonyl (C=O) groups excluding carboxylic acids is 1. The van der Waals surface area contributed by atoms with E-state index in [0.717, 1.165) is 28.9 Å². The highest BCUT2D eigenvalue weighted by Gasteiger charge is 2.28. The lowest BCUT2D eigenvalue weighted by Crippen LogP contribution is -2.44. The van der Waals surface area contributed by atoms with Crippen molar-refractivity contribution in [2.24, 2.45) is 5.92 Å². The van der Waals surface area contributed by atoms with Crippen LogP contribution in [-0.4, -0.2) is 39.6 Å². The Morgan fingerprint density at radius 3 is 2.62 bits per heavy atom. The van der Waals surface area contributed by atoms with Gasteiger partial charge < -0.3 is 4.90 Å². The lowest BCUT2D eigenvalue weighted by atomic mass is 9.86. The minimum Gasteiger partial charge on any atom is -0.300 e. The maximum atomic E-state index is 12.8. The molecule has 1 aliphatic heterocycles. The molecular formula is C22H31N3O. The predicted molar refractivity (Wildman–Crippen MR) is 106 cm³/mol. The SMILES string of the molecule is CC(C)n1cc2cccc(C(=O)CCC3CCN(C4CCC4)CC3)c2n1. The Hall–Kier alpha value is -1.68. The summed E-state index contributed by atoms with van der Waals surface area (Å²) < 4.78 is 1.96. The van der Waals surface area contributed by atoms with Crippen LogP contribution >= 0.6 is 0 Å². The normalized spacial score (nSPS) is 20.0. The molecule has 1 saturated carbocycles. The lowest BCUT2D eigenvalue weighted by Gasteiger charge is -2.41. The smallest absolute Gasteiger partial charge is 0.165 e. The van der Waals surface area contributed by atoms with E-state index in [1.165, 1.54) is 45.2 Å². The van der Waals surface area contributed by atoms with E-state index >= 15 is 0 Å². The first-order valence-electron chi connectivity index (χ1n) is 10.4. The Kier molecular flexibility index (Phi) is 5.12. The molecule has 140 valence electrons. The van der Waals surface area contributed by atoms with E-state index in [0.29, 0.717) is 18.4 Å². The topological polar surface area (TPSA) is 38.1 Å². The minimum absolute atomic E-state index is 0.256. The van der Waals surface area contributed by atoms with E-state index in [-0.39, 0.29) is 5.78 Å². The second-order valence-corrected chi connectivity index (χ2v) is 8.47. The van der Waals surface area contributed by atoms with Crippen molar-refractivity contribution < 1.29 is 4.79 Å². The summed E-state index contributed by atoms with van der Waals surface area (Å²) in [4.78, 5) is 15.5. The van der Waals surface area contributed by atoms with Crippen LogP contribution in [0.1, 0.15) is 75.2 Å². The highest BCUT2D eigenvalue weighted by atomic mass is 16.1. The van der Waals surface area contributed by atoms with Gasteiger partial charge in [0.2, 0.25) is 0 Å². The van der Waals surface area contributed by atoms with E-state index < -0.39 is 0 Å². The summed E-state index contributed by atoms with van der Waals surface area (Å²) in [6.45, 7) is 6.70. The fraction of sp³-hybridized carbons (Fsp3) is 0.636. The Labute approximate surface area is 156 Å². The molecule has 0 atom stereocenters. The molecule has 2 fully saturated rings. The third kappa shape index (κ3) is 3.57. The van der Waals surface area contributed by atoms with E-state index in [9.17, 15) is 4.79 Å². The first kappa shape index (κ1) is 17.7. The number of carbonyl (C=O) groups is 1. The molecule has 0 unspecified atom stereocenters. The summed E-state index contributed by atoms with van der Waals surface area (Å²) in [6.07, 6.45) is 10.5. The molecule has 0 N–H and O–H groups in total. The first-order chi connectivity index (χ1) is 12.6. The molecule has 0 spiro atoms. The van der Waals surface area contributed by atoms with Crippen LogP contribution in [0.3, 0.4) is 0 Å². The van der Waals surface area contributed by atoms with Crippen LogP contribution in [0.5, 0.6) is 0 Å². The van der Waals surface area contributed by atoms with Gasteiger partial charge in [-0.25, -0.2) is 0 Å². The number of aromatic nitrogens is 2. The molecule has 0 radical (unpaired) electrons. The number of fused-ring (bicyclic) bond motifs is 1. The number of Topliss-reactive ketones (excluding diaryl/α,β-unsaturated/α-hetero) is 1. The monoisotopic (exact) mass is 353 g/mol. The van der Waals surface area contributed by atoms with E-state index in [1.54, 1.807) is 0 Å². The van der Waals surface area contributed by atoms with Gasteiger partial charge in [-0.15, -0.1) is 0 Å². The molecule has 4 rings (SSSR count). The summed E-state index contributed by atoms with van der Waals surface area (Å²) >= 11 is 0. The largest absolute Gasteiger partial charge is 0.300 e. The van der Waals surface area contributed by atoms with Gasteiger partial charge in [0, 0.05) is 35.7 Å². The van der Waals surface area contributed by atoms with Crippen LogP contribution in [0.2, 0.25) is 0 Å². The van der Waals surface area contributed by atoms with Gasteiger partial charge in [-0.3, -0.25) is 9.48 Å². The minimum atomic E-state index is 0.256. The number of ketones is 1. The standard InChI is InChI=1S/C22H31N3O/c1-16(2)25-15-18-5-3-8-20(22(18)23-25)21(26)10-9-17-11-13-24(14-12-17)19-6-4-7-19/h3,5,8,15-17,19H,4,6-7,9-14H2,1-2H3. The fourth-order valence-corrected chi connectivity index (χ4v) is 4.38. The fourth-order valence-electron chi connectivity index (χ4n) is 4.38. The van der Waals surface area contributed by atoms with Crippen molar-refractivity contribution >= 4 is 16.7 Å². The third-order valence-corrected chi connectivity index (χ3v) is 6.40. The van der Waals surface area contributed by atoms with Crippen LogP contribution in [-0.2, 0) is 0 Å². The average Bonchev–Trinajstić information content (AvgIpc) is 3.04. The van der Waals surface area contributed by atoms with Crippen molar-refractivity contribution in [1.29, 1.82) is 0 Å². The van der Waals surface area contributed by atoms with Crippen molar-refractivity contribution in [3.8, 4) is 0 Å². The zero-order valence-electron chi connectivity index (χ0n) is 16.2. The van der Waals surface area contributed by atoms with Crippen molar-refractivity contribution in [2.75, 3.05) is 13.1 Å². The number of hydrogen-bond donors (Lipinski definition) is 0. The molecule has 26 heavy (non-hydrogen) atoms. The first-order valence-corrected chi connectivity index (χ1v) is 10.4. The molecular weight excluding hydrogens is 322 g/mol. The second kappa shape index (κ2) is 7.51. The predicted octanol–water partition coefficient (Wildman–Crippen LogP) is 4.84. The third-order valence-electron chi connectivity index (χ3n) is 6.40. The van der Waals surface area contributed by atoms with Gasteiger partial charge in [0.05, 0.1) is 0 Å². The molecule has 4 nitrogen and oxygen atoms in total. The van der Waals surface area contributed by atoms with Crippen LogP contribution in [0, 0.1) is 5.92 Å². The van der Waals surface area contributed by atoms with Gasteiger partial charge in [-0.1, -0.05) is 18.6 Å². The maximum absolute atomic E-state index is 12.8. The number of nitrogens with zero attached hydrogens (tertiary/aromatic N) is 3. The number of benzene rings is 1. The molecule has 2 aliphatic rings. The number of hydrogen-bond acceptors (Lipinski definition) is 3. The van der Waals surface area contributed by atoms with Crippen LogP contribution in [0.15, 0.2) is 24.4 Å². The van der Waals surface area contributed by atoms with Gasteiger partial charge in [-0.2, -0.15) is 5.10 Å². The van der Waals surface area contributed by atoms with Gasteiger partial charge in [-0.05, 0) is 71.0 Å². The lowest BCUT2D eigenvalue weighted by molar-refractivity contribution is 0.0794. The Bertz CT molecular complexity index is 767. The van der Waals surface area contributed by atoms with Crippen molar-refractivity contribution in [2.45, 2.75) is 70.9 Å². The molecule has 1 aromatic heterocycles.